The van der Waals surface area contributed by atoms with Gasteiger partial charge in [-0.15, -0.1) is 0 Å². The van der Waals surface area contributed by atoms with Gasteiger partial charge in [-0.25, -0.2) is 0 Å². The van der Waals surface area contributed by atoms with E-state index in [9.17, 15) is 4.79 Å². The second-order valence-corrected chi connectivity index (χ2v) is 6.87. The van der Waals surface area contributed by atoms with Crippen LogP contribution in [-0.4, -0.2) is 41.2 Å². The van der Waals surface area contributed by atoms with E-state index in [1.165, 1.54) is 0 Å². The van der Waals surface area contributed by atoms with Crippen LogP contribution in [0.25, 0.3) is 11.5 Å². The maximum atomic E-state index is 12.6. The van der Waals surface area contributed by atoms with Gasteiger partial charge in [0.15, 0.2) is 5.82 Å². The normalized spacial score (nSPS) is 16.3. The van der Waals surface area contributed by atoms with Gasteiger partial charge < -0.3 is 18.9 Å². The molecule has 0 aliphatic carbocycles. The summed E-state index contributed by atoms with van der Waals surface area (Å²) in [6.45, 7) is 3.52. The van der Waals surface area contributed by atoms with Crippen molar-refractivity contribution in [3.63, 3.8) is 0 Å². The summed E-state index contributed by atoms with van der Waals surface area (Å²) in [6, 6.07) is 15.3. The second kappa shape index (κ2) is 8.34. The van der Waals surface area contributed by atoms with Crippen molar-refractivity contribution in [2.75, 3.05) is 20.3 Å². The third-order valence-electron chi connectivity index (χ3n) is 4.99. The number of amides is 1. The van der Waals surface area contributed by atoms with Gasteiger partial charge in [-0.05, 0) is 25.1 Å². The molecule has 7 nitrogen and oxygen atoms in total. The van der Waals surface area contributed by atoms with Gasteiger partial charge in [0.2, 0.25) is 5.91 Å². The Labute approximate surface area is 169 Å². The Kier molecular flexibility index (Phi) is 5.46. The summed E-state index contributed by atoms with van der Waals surface area (Å²) in [5.41, 5.74) is 1.73. The zero-order valence-corrected chi connectivity index (χ0v) is 16.5. The van der Waals surface area contributed by atoms with Gasteiger partial charge in [0.05, 0.1) is 19.3 Å². The predicted octanol–water partition coefficient (Wildman–Crippen LogP) is 3.66. The third kappa shape index (κ3) is 3.94. The first-order valence-corrected chi connectivity index (χ1v) is 9.65. The number of hydrogen-bond donors (Lipinski definition) is 0. The van der Waals surface area contributed by atoms with Gasteiger partial charge in [-0.3, -0.25) is 4.79 Å². The highest BCUT2D eigenvalue weighted by Crippen LogP contribution is 2.33. The molecule has 0 spiro atoms. The molecule has 7 heteroatoms. The molecule has 1 unspecified atom stereocenters. The summed E-state index contributed by atoms with van der Waals surface area (Å²) in [5.74, 6) is 2.39. The van der Waals surface area contributed by atoms with E-state index in [4.69, 9.17) is 14.0 Å². The van der Waals surface area contributed by atoms with E-state index in [0.29, 0.717) is 43.6 Å². The molecule has 1 atom stereocenters. The SMILES string of the molecule is CCOc1ccccc1-c1nc(C2CC(=O)N(Cc3ccccc3OC)C2)no1. The first kappa shape index (κ1) is 19.0. The highest BCUT2D eigenvalue weighted by Gasteiger charge is 2.34. The molecule has 1 saturated heterocycles. The van der Waals surface area contributed by atoms with E-state index in [0.717, 1.165) is 16.9 Å². The van der Waals surface area contributed by atoms with Crippen LogP contribution in [0.5, 0.6) is 11.5 Å². The van der Waals surface area contributed by atoms with Crippen molar-refractivity contribution in [2.45, 2.75) is 25.8 Å². The lowest BCUT2D eigenvalue weighted by molar-refractivity contribution is -0.128. The van der Waals surface area contributed by atoms with E-state index in [2.05, 4.69) is 10.1 Å². The Hall–Kier alpha value is -3.35. The van der Waals surface area contributed by atoms with Gasteiger partial charge >= 0.3 is 0 Å². The van der Waals surface area contributed by atoms with E-state index in [-0.39, 0.29) is 11.8 Å². The van der Waals surface area contributed by atoms with Gasteiger partial charge in [0.1, 0.15) is 11.5 Å². The van der Waals surface area contributed by atoms with Crippen LogP contribution in [0, 0.1) is 0 Å². The minimum Gasteiger partial charge on any atom is -0.496 e. The van der Waals surface area contributed by atoms with Crippen LogP contribution in [0.4, 0.5) is 0 Å². The highest BCUT2D eigenvalue weighted by molar-refractivity contribution is 5.79. The number of nitrogens with zero attached hydrogens (tertiary/aromatic N) is 3. The van der Waals surface area contributed by atoms with E-state index in [1.807, 2.05) is 60.4 Å². The molecule has 150 valence electrons. The average molecular weight is 393 g/mol. The van der Waals surface area contributed by atoms with Crippen LogP contribution >= 0.6 is 0 Å². The molecule has 0 saturated carbocycles. The standard InChI is InChI=1S/C22H23N3O4/c1-3-28-19-11-7-5-9-17(19)22-23-21(24-29-22)16-12-20(26)25(14-16)13-15-8-4-6-10-18(15)27-2/h4-11,16H,3,12-14H2,1-2H3. The number of para-hydroxylation sites is 2. The molecular formula is C22H23N3O4. The number of carbonyl (C=O) groups is 1. The van der Waals surface area contributed by atoms with Crippen molar-refractivity contribution < 1.29 is 18.8 Å². The quantitative estimate of drug-likeness (QED) is 0.610. The maximum absolute atomic E-state index is 12.6. The fraction of sp³-hybridized carbons (Fsp3) is 0.318. The number of benzene rings is 2. The predicted molar refractivity (Wildman–Crippen MR) is 107 cm³/mol. The number of ether oxygens (including phenoxy) is 2. The number of likely N-dealkylation sites (tertiary alicyclic amines) is 1. The molecular weight excluding hydrogens is 370 g/mol. The fourth-order valence-electron chi connectivity index (χ4n) is 3.57. The Balaban J connectivity index is 1.50. The molecule has 1 aliphatic rings. The molecule has 0 N–H and O–H groups in total. The molecule has 3 aromatic rings. The van der Waals surface area contributed by atoms with Gasteiger partial charge in [-0.1, -0.05) is 35.5 Å². The zero-order valence-electron chi connectivity index (χ0n) is 16.5. The van der Waals surface area contributed by atoms with Crippen molar-refractivity contribution >= 4 is 5.91 Å². The van der Waals surface area contributed by atoms with Crippen LogP contribution in [0.15, 0.2) is 53.1 Å². The number of carbonyl (C=O) groups excluding carboxylic acids is 1. The zero-order chi connectivity index (χ0) is 20.2. The Morgan fingerprint density at radius 1 is 1.14 bits per heavy atom. The summed E-state index contributed by atoms with van der Waals surface area (Å²) < 4.78 is 16.5. The lowest BCUT2D eigenvalue weighted by Gasteiger charge is -2.17. The summed E-state index contributed by atoms with van der Waals surface area (Å²) >= 11 is 0. The topological polar surface area (TPSA) is 77.7 Å². The minimum absolute atomic E-state index is 0.0713. The number of hydrogen-bond acceptors (Lipinski definition) is 6. The molecule has 2 aromatic carbocycles. The monoisotopic (exact) mass is 393 g/mol. The summed E-state index contributed by atoms with van der Waals surface area (Å²) in [6.07, 6.45) is 0.362. The first-order valence-electron chi connectivity index (χ1n) is 9.65. The summed E-state index contributed by atoms with van der Waals surface area (Å²) in [7, 11) is 1.63. The molecule has 1 aromatic heterocycles. The smallest absolute Gasteiger partial charge is 0.261 e. The molecule has 0 radical (unpaired) electrons. The molecule has 1 amide bonds. The van der Waals surface area contributed by atoms with Crippen LogP contribution in [0.2, 0.25) is 0 Å². The van der Waals surface area contributed by atoms with Crippen LogP contribution in [-0.2, 0) is 11.3 Å². The van der Waals surface area contributed by atoms with Crippen molar-refractivity contribution in [1.29, 1.82) is 0 Å². The van der Waals surface area contributed by atoms with Crippen molar-refractivity contribution in [1.82, 2.24) is 15.0 Å². The van der Waals surface area contributed by atoms with Crippen molar-refractivity contribution in [3.05, 3.63) is 59.9 Å². The Morgan fingerprint density at radius 3 is 2.69 bits per heavy atom. The first-order chi connectivity index (χ1) is 14.2. The number of rotatable bonds is 7. The van der Waals surface area contributed by atoms with Crippen LogP contribution in [0.3, 0.4) is 0 Å². The van der Waals surface area contributed by atoms with Gasteiger partial charge in [0.25, 0.3) is 5.89 Å². The van der Waals surface area contributed by atoms with Crippen LogP contribution < -0.4 is 9.47 Å². The highest BCUT2D eigenvalue weighted by atomic mass is 16.5. The largest absolute Gasteiger partial charge is 0.496 e. The lowest BCUT2D eigenvalue weighted by atomic mass is 10.1. The van der Waals surface area contributed by atoms with Crippen LogP contribution in [0.1, 0.15) is 30.7 Å². The summed E-state index contributed by atoms with van der Waals surface area (Å²) in [4.78, 5) is 18.9. The fourth-order valence-corrected chi connectivity index (χ4v) is 3.57. The molecule has 1 aliphatic heterocycles. The average Bonchev–Trinajstić information content (AvgIpc) is 3.36. The molecule has 4 rings (SSSR count). The maximum Gasteiger partial charge on any atom is 0.261 e. The Bertz CT molecular complexity index is 1000. The number of methoxy groups -OCH3 is 1. The molecule has 29 heavy (non-hydrogen) atoms. The summed E-state index contributed by atoms with van der Waals surface area (Å²) in [5, 5.41) is 4.14. The van der Waals surface area contributed by atoms with Crippen molar-refractivity contribution in [3.8, 4) is 23.0 Å². The third-order valence-corrected chi connectivity index (χ3v) is 4.99. The van der Waals surface area contributed by atoms with E-state index < -0.39 is 0 Å². The van der Waals surface area contributed by atoms with E-state index in [1.54, 1.807) is 7.11 Å². The van der Waals surface area contributed by atoms with Crippen molar-refractivity contribution in [2.24, 2.45) is 0 Å². The van der Waals surface area contributed by atoms with E-state index >= 15 is 0 Å². The Morgan fingerprint density at radius 2 is 1.90 bits per heavy atom. The van der Waals surface area contributed by atoms with Gasteiger partial charge in [0, 0.05) is 31.0 Å². The molecule has 1 fully saturated rings. The second-order valence-electron chi connectivity index (χ2n) is 6.87. The minimum atomic E-state index is -0.103. The molecule has 0 bridgehead atoms. The number of aromatic nitrogens is 2. The molecule has 2 heterocycles. The van der Waals surface area contributed by atoms with Gasteiger partial charge in [-0.2, -0.15) is 4.98 Å². The lowest BCUT2D eigenvalue weighted by Crippen LogP contribution is -2.24.